The van der Waals surface area contributed by atoms with Gasteiger partial charge in [0.25, 0.3) is 5.95 Å². The molecule has 0 fully saturated rings. The van der Waals surface area contributed by atoms with Gasteiger partial charge in [0, 0.05) is 16.5 Å². The van der Waals surface area contributed by atoms with Gasteiger partial charge in [0.2, 0.25) is 0 Å². The van der Waals surface area contributed by atoms with E-state index in [1.54, 1.807) is 6.07 Å². The van der Waals surface area contributed by atoms with Gasteiger partial charge in [0.05, 0.1) is 16.1 Å². The van der Waals surface area contributed by atoms with Crippen molar-refractivity contribution in [3.8, 4) is 17.1 Å². The lowest BCUT2D eigenvalue weighted by atomic mass is 9.93. The van der Waals surface area contributed by atoms with Crippen LogP contribution in [0, 0.1) is 5.41 Å². The van der Waals surface area contributed by atoms with Gasteiger partial charge < -0.3 is 14.9 Å². The molecule has 1 aromatic carbocycles. The van der Waals surface area contributed by atoms with Crippen LogP contribution in [-0.4, -0.2) is 5.11 Å². The van der Waals surface area contributed by atoms with E-state index in [9.17, 15) is 9.90 Å². The summed E-state index contributed by atoms with van der Waals surface area (Å²) in [6, 6.07) is 5.20. The molecule has 2 aromatic rings. The molecule has 0 saturated heterocycles. The van der Waals surface area contributed by atoms with Gasteiger partial charge in [-0.2, -0.15) is 0 Å². The van der Waals surface area contributed by atoms with E-state index in [2.05, 4.69) is 13.2 Å². The van der Waals surface area contributed by atoms with Crippen molar-refractivity contribution in [3.05, 3.63) is 70.4 Å². The van der Waals surface area contributed by atoms with Crippen LogP contribution in [-0.2, 0) is 12.8 Å². The Morgan fingerprint density at radius 1 is 1.04 bits per heavy atom. The number of hydrogen-bond donors (Lipinski definition) is 2. The van der Waals surface area contributed by atoms with Crippen LogP contribution in [0.5, 0.6) is 5.95 Å². The topological polar surface area (TPSA) is 74.3 Å². The normalized spacial score (nSPS) is 11.7. The van der Waals surface area contributed by atoms with Crippen molar-refractivity contribution in [2.24, 2.45) is 0 Å². The molecule has 0 radical (unpaired) electrons. The third kappa shape index (κ3) is 1.68. The van der Waals surface area contributed by atoms with Gasteiger partial charge in [0.1, 0.15) is 0 Å². The van der Waals surface area contributed by atoms with E-state index in [1.807, 2.05) is 18.2 Å². The molecule has 2 aliphatic carbocycles. The van der Waals surface area contributed by atoms with Gasteiger partial charge in [-0.25, -0.2) is 4.79 Å². The minimum absolute atomic E-state index is 0.283. The summed E-state index contributed by atoms with van der Waals surface area (Å²) in [4.78, 5) is 12.2. The largest absolute Gasteiger partial charge is 0.480 e. The number of nitrogens with one attached hydrogen (secondary N) is 1. The third-order valence-corrected chi connectivity index (χ3v) is 4.61. The highest BCUT2D eigenvalue weighted by Crippen LogP contribution is 2.45. The van der Waals surface area contributed by atoms with Crippen LogP contribution in [0.4, 0.5) is 0 Å². The van der Waals surface area contributed by atoms with E-state index in [0.717, 1.165) is 27.6 Å². The van der Waals surface area contributed by atoms with Crippen molar-refractivity contribution in [1.29, 1.82) is 5.41 Å². The lowest BCUT2D eigenvalue weighted by Crippen LogP contribution is -2.11. The summed E-state index contributed by atoms with van der Waals surface area (Å²) < 4.78 is 4.91. The Kier molecular flexibility index (Phi) is 2.97. The molecular weight excluding hydrogens is 302 g/mol. The van der Waals surface area contributed by atoms with Gasteiger partial charge in [0.15, 0.2) is 0 Å². The highest BCUT2D eigenvalue weighted by atomic mass is 16.5. The van der Waals surface area contributed by atoms with Crippen LogP contribution in [0.3, 0.4) is 0 Å². The van der Waals surface area contributed by atoms with Crippen LogP contribution in [0.2, 0.25) is 0 Å². The Labute approximate surface area is 137 Å². The SMILES string of the molecule is C=CCc1c2c(=N)cc3c(=O)oc(O)c4ccc(c1CC=C)c-2c43. The second kappa shape index (κ2) is 4.93. The maximum absolute atomic E-state index is 12.2. The summed E-state index contributed by atoms with van der Waals surface area (Å²) in [6.45, 7) is 7.65. The average Bonchev–Trinajstić information content (AvgIpc) is 2.86. The lowest BCUT2D eigenvalue weighted by Gasteiger charge is -2.11. The molecule has 0 bridgehead atoms. The zero-order valence-corrected chi connectivity index (χ0v) is 13.0. The minimum atomic E-state index is -0.625. The van der Waals surface area contributed by atoms with Crippen molar-refractivity contribution in [1.82, 2.24) is 0 Å². The van der Waals surface area contributed by atoms with Gasteiger partial charge in [-0.1, -0.05) is 18.2 Å². The summed E-state index contributed by atoms with van der Waals surface area (Å²) in [5.41, 5.74) is 3.15. The van der Waals surface area contributed by atoms with E-state index in [-0.39, 0.29) is 11.3 Å². The fourth-order valence-corrected chi connectivity index (χ4v) is 3.73. The Morgan fingerprint density at radius 3 is 2.42 bits per heavy atom. The maximum Gasteiger partial charge on any atom is 0.346 e. The second-order valence-corrected chi connectivity index (χ2v) is 5.89. The fourth-order valence-electron chi connectivity index (χ4n) is 3.73. The molecule has 0 spiro atoms. The van der Waals surface area contributed by atoms with Gasteiger partial charge >= 0.3 is 5.63 Å². The average molecular weight is 317 g/mol. The molecule has 0 aliphatic heterocycles. The van der Waals surface area contributed by atoms with E-state index in [0.29, 0.717) is 29.0 Å². The first-order valence-corrected chi connectivity index (χ1v) is 7.66. The summed E-state index contributed by atoms with van der Waals surface area (Å²) in [5, 5.41) is 21.2. The molecule has 0 unspecified atom stereocenters. The van der Waals surface area contributed by atoms with Crippen molar-refractivity contribution < 1.29 is 9.52 Å². The molecule has 24 heavy (non-hydrogen) atoms. The van der Waals surface area contributed by atoms with Crippen molar-refractivity contribution in [2.45, 2.75) is 12.8 Å². The Bertz CT molecular complexity index is 1190. The van der Waals surface area contributed by atoms with Crippen LogP contribution in [0.1, 0.15) is 11.1 Å². The van der Waals surface area contributed by atoms with E-state index >= 15 is 0 Å². The van der Waals surface area contributed by atoms with Gasteiger partial charge in [-0.05, 0) is 41.5 Å². The van der Waals surface area contributed by atoms with Crippen molar-refractivity contribution in [3.63, 3.8) is 0 Å². The molecule has 118 valence electrons. The van der Waals surface area contributed by atoms with Crippen LogP contribution < -0.4 is 11.0 Å². The van der Waals surface area contributed by atoms with E-state index < -0.39 is 5.63 Å². The molecule has 2 N–H and O–H groups in total. The zero-order valence-electron chi connectivity index (χ0n) is 13.0. The van der Waals surface area contributed by atoms with Crippen LogP contribution in [0.15, 0.2) is 52.7 Å². The summed E-state index contributed by atoms with van der Waals surface area (Å²) in [6.07, 6.45) is 4.95. The standard InChI is InChI=1S/C20H15NO3/c1-3-5-10-11(6-4-2)17-15(21)9-14-16-13(19(22)24-20(14)23)8-7-12(10)18(16)17/h3-4,7-9,21-22H,1-2,5-6H2. The minimum Gasteiger partial charge on any atom is -0.480 e. The van der Waals surface area contributed by atoms with Gasteiger partial charge in [-0.15, -0.1) is 13.2 Å². The van der Waals surface area contributed by atoms with Crippen LogP contribution >= 0.6 is 0 Å². The third-order valence-electron chi connectivity index (χ3n) is 4.61. The molecule has 1 aromatic heterocycles. The van der Waals surface area contributed by atoms with E-state index in [1.165, 1.54) is 6.07 Å². The maximum atomic E-state index is 12.2. The predicted octanol–water partition coefficient (Wildman–Crippen LogP) is 3.57. The van der Waals surface area contributed by atoms with Crippen LogP contribution in [0.25, 0.3) is 32.7 Å². The highest BCUT2D eigenvalue weighted by Gasteiger charge is 2.26. The molecule has 2 aliphatic rings. The predicted molar refractivity (Wildman–Crippen MR) is 94.3 cm³/mol. The molecule has 1 heterocycles. The summed E-state index contributed by atoms with van der Waals surface area (Å²) in [7, 11) is 0. The molecule has 0 amide bonds. The number of hydrogen-bond acceptors (Lipinski definition) is 4. The van der Waals surface area contributed by atoms with Gasteiger partial charge in [-0.3, -0.25) is 0 Å². The highest BCUT2D eigenvalue weighted by molar-refractivity contribution is 6.17. The first-order chi connectivity index (χ1) is 11.6. The molecule has 0 atom stereocenters. The molecule has 4 rings (SSSR count). The first-order valence-electron chi connectivity index (χ1n) is 7.66. The smallest absolute Gasteiger partial charge is 0.346 e. The van der Waals surface area contributed by atoms with Crippen molar-refractivity contribution in [2.75, 3.05) is 0 Å². The Balaban J connectivity index is 2.35. The molecular formula is C20H15NO3. The zero-order chi connectivity index (χ0) is 17.0. The fraction of sp³-hybridized carbons (Fsp3) is 0.100. The molecule has 0 saturated carbocycles. The number of rotatable bonds is 4. The van der Waals surface area contributed by atoms with Crippen molar-refractivity contribution >= 4 is 21.5 Å². The number of allylic oxidation sites excluding steroid dienone is 2. The Morgan fingerprint density at radius 2 is 1.71 bits per heavy atom. The summed E-state index contributed by atoms with van der Waals surface area (Å²) >= 11 is 0. The number of benzene rings is 2. The number of aromatic hydroxyl groups is 1. The lowest BCUT2D eigenvalue weighted by molar-refractivity contribution is 0.319. The first kappa shape index (κ1) is 14.5. The van der Waals surface area contributed by atoms with E-state index in [4.69, 9.17) is 9.83 Å². The molecule has 4 heteroatoms. The molecule has 4 nitrogen and oxygen atoms in total. The second-order valence-electron chi connectivity index (χ2n) is 5.89. The summed E-state index contributed by atoms with van der Waals surface area (Å²) in [5.74, 6) is -0.384. The quantitative estimate of drug-likeness (QED) is 0.565. The monoisotopic (exact) mass is 317 g/mol. The Hall–Kier alpha value is -3.14.